The van der Waals surface area contributed by atoms with Crippen molar-refractivity contribution in [2.75, 3.05) is 0 Å². The fourth-order valence-electron chi connectivity index (χ4n) is 3.16. The Morgan fingerprint density at radius 1 is 1.17 bits per heavy atom. The van der Waals surface area contributed by atoms with Crippen molar-refractivity contribution in [1.29, 1.82) is 0 Å². The molecule has 0 saturated heterocycles. The molecule has 3 aromatic rings. The quantitative estimate of drug-likeness (QED) is 0.598. The smallest absolute Gasteiger partial charge is 0.258 e. The highest BCUT2D eigenvalue weighted by molar-refractivity contribution is 5.83. The van der Waals surface area contributed by atoms with Gasteiger partial charge in [-0.2, -0.15) is 0 Å². The van der Waals surface area contributed by atoms with Gasteiger partial charge in [0.15, 0.2) is 0 Å². The number of rotatable bonds is 0. The van der Waals surface area contributed by atoms with Crippen molar-refractivity contribution in [3.8, 4) is 11.8 Å². The Labute approximate surface area is 134 Å². The third-order valence-corrected chi connectivity index (χ3v) is 4.25. The highest BCUT2D eigenvalue weighted by atomic mass is 16.1. The molecule has 0 N–H and O–H groups in total. The molecule has 1 aliphatic rings. The fourth-order valence-corrected chi connectivity index (χ4v) is 3.16. The minimum atomic E-state index is 0.117. The van der Waals surface area contributed by atoms with Crippen LogP contribution in [0.4, 0.5) is 0 Å². The summed E-state index contributed by atoms with van der Waals surface area (Å²) in [6.07, 6.45) is 2.70. The maximum atomic E-state index is 12.6. The minimum Gasteiger partial charge on any atom is -0.312 e. The molecule has 1 aromatic carbocycles. The van der Waals surface area contributed by atoms with Gasteiger partial charge in [-0.25, -0.2) is 4.98 Å². The van der Waals surface area contributed by atoms with Crippen LogP contribution < -0.4 is 5.56 Å². The Bertz CT molecular complexity index is 1010. The number of nitrogens with zero attached hydrogens (tertiary/aromatic N) is 2. The molecule has 1 atom stereocenters. The molecule has 0 saturated carbocycles. The van der Waals surface area contributed by atoms with Crippen LogP contribution in [0.1, 0.15) is 23.9 Å². The summed E-state index contributed by atoms with van der Waals surface area (Å²) < 4.78 is 1.91. The molecule has 0 radical (unpaired) electrons. The topological polar surface area (TPSA) is 34.9 Å². The highest BCUT2D eigenvalue weighted by Gasteiger charge is 2.19. The first-order valence-corrected chi connectivity index (χ1v) is 7.80. The van der Waals surface area contributed by atoms with Crippen LogP contribution >= 0.6 is 0 Å². The first-order valence-electron chi connectivity index (χ1n) is 7.80. The predicted molar refractivity (Wildman–Crippen MR) is 91.3 cm³/mol. The van der Waals surface area contributed by atoms with Crippen molar-refractivity contribution in [3.05, 3.63) is 76.0 Å². The van der Waals surface area contributed by atoms with E-state index < -0.39 is 0 Å². The summed E-state index contributed by atoms with van der Waals surface area (Å²) in [6, 6.07) is 13.6. The first-order chi connectivity index (χ1) is 11.2. The van der Waals surface area contributed by atoms with E-state index in [1.54, 1.807) is 6.20 Å². The number of hydrogen-bond donors (Lipinski definition) is 0. The average molecular weight is 300 g/mol. The lowest BCUT2D eigenvalue weighted by molar-refractivity contribution is 0.558. The molecule has 0 spiro atoms. The maximum Gasteiger partial charge on any atom is 0.258 e. The van der Waals surface area contributed by atoms with Gasteiger partial charge < -0.3 is 4.57 Å². The SMILES string of the molecule is CC1Cc2cc3cc(C#Cc4ccccn4)ccc3c(=O)n2C1. The molecular weight excluding hydrogens is 284 g/mol. The summed E-state index contributed by atoms with van der Waals surface area (Å²) >= 11 is 0. The predicted octanol–water partition coefficient (Wildman–Crippen LogP) is 2.99. The van der Waals surface area contributed by atoms with Crippen molar-refractivity contribution < 1.29 is 0 Å². The minimum absolute atomic E-state index is 0.117. The van der Waals surface area contributed by atoms with E-state index in [9.17, 15) is 4.79 Å². The number of pyridine rings is 2. The summed E-state index contributed by atoms with van der Waals surface area (Å²) in [5.41, 5.74) is 2.89. The lowest BCUT2D eigenvalue weighted by Crippen LogP contribution is -2.19. The molecule has 23 heavy (non-hydrogen) atoms. The molecule has 3 heteroatoms. The van der Waals surface area contributed by atoms with Crippen molar-refractivity contribution in [1.82, 2.24) is 9.55 Å². The zero-order valence-corrected chi connectivity index (χ0v) is 12.9. The molecular formula is C20H16N2O. The van der Waals surface area contributed by atoms with Gasteiger partial charge in [-0.3, -0.25) is 4.79 Å². The van der Waals surface area contributed by atoms with Gasteiger partial charge in [0.2, 0.25) is 0 Å². The van der Waals surface area contributed by atoms with Gasteiger partial charge in [-0.05, 0) is 60.0 Å². The molecule has 0 bridgehead atoms. The van der Waals surface area contributed by atoms with E-state index in [1.165, 1.54) is 0 Å². The Morgan fingerprint density at radius 2 is 2.09 bits per heavy atom. The average Bonchev–Trinajstić information content (AvgIpc) is 2.94. The third kappa shape index (κ3) is 2.53. The summed E-state index contributed by atoms with van der Waals surface area (Å²) in [7, 11) is 0. The molecule has 4 rings (SSSR count). The van der Waals surface area contributed by atoms with Crippen LogP contribution in [0.15, 0.2) is 53.5 Å². The van der Waals surface area contributed by atoms with Crippen molar-refractivity contribution >= 4 is 10.8 Å². The summed E-state index contributed by atoms with van der Waals surface area (Å²) in [6.45, 7) is 3.01. The van der Waals surface area contributed by atoms with E-state index >= 15 is 0 Å². The van der Waals surface area contributed by atoms with Crippen LogP contribution in [0.5, 0.6) is 0 Å². The molecule has 1 unspecified atom stereocenters. The molecule has 112 valence electrons. The molecule has 1 aliphatic heterocycles. The second-order valence-electron chi connectivity index (χ2n) is 6.13. The van der Waals surface area contributed by atoms with Gasteiger partial charge in [-0.1, -0.05) is 18.9 Å². The van der Waals surface area contributed by atoms with Crippen LogP contribution in [-0.2, 0) is 13.0 Å². The number of aromatic nitrogens is 2. The fraction of sp³-hybridized carbons (Fsp3) is 0.200. The Hall–Kier alpha value is -2.86. The van der Waals surface area contributed by atoms with Crippen molar-refractivity contribution in [2.45, 2.75) is 19.9 Å². The standard InChI is InChI=1S/C20H16N2O/c1-14-10-18-12-16-11-15(5-7-17-4-2-3-9-21-17)6-8-19(16)20(23)22(18)13-14/h2-4,6,8-9,11-12,14H,10,13H2,1H3. The second kappa shape index (κ2) is 5.40. The molecule has 3 nitrogen and oxygen atoms in total. The van der Waals surface area contributed by atoms with Gasteiger partial charge >= 0.3 is 0 Å². The molecule has 0 amide bonds. The van der Waals surface area contributed by atoms with E-state index in [4.69, 9.17) is 0 Å². The van der Waals surface area contributed by atoms with E-state index in [0.717, 1.165) is 40.7 Å². The van der Waals surface area contributed by atoms with Crippen LogP contribution in [0.2, 0.25) is 0 Å². The lowest BCUT2D eigenvalue weighted by atomic mass is 10.1. The maximum absolute atomic E-state index is 12.6. The van der Waals surface area contributed by atoms with Crippen LogP contribution in [0.25, 0.3) is 10.8 Å². The number of hydrogen-bond acceptors (Lipinski definition) is 2. The van der Waals surface area contributed by atoms with Crippen molar-refractivity contribution in [3.63, 3.8) is 0 Å². The van der Waals surface area contributed by atoms with Gasteiger partial charge in [0.1, 0.15) is 5.69 Å². The highest BCUT2D eigenvalue weighted by Crippen LogP contribution is 2.22. The van der Waals surface area contributed by atoms with E-state index in [2.05, 4.69) is 29.8 Å². The summed E-state index contributed by atoms with van der Waals surface area (Å²) in [5.74, 6) is 6.71. The van der Waals surface area contributed by atoms with E-state index in [-0.39, 0.29) is 5.56 Å². The van der Waals surface area contributed by atoms with Crippen LogP contribution in [-0.4, -0.2) is 9.55 Å². The third-order valence-electron chi connectivity index (χ3n) is 4.25. The van der Waals surface area contributed by atoms with Gasteiger partial charge in [0.05, 0.1) is 0 Å². The zero-order chi connectivity index (χ0) is 15.8. The molecule has 0 aliphatic carbocycles. The second-order valence-corrected chi connectivity index (χ2v) is 6.13. The van der Waals surface area contributed by atoms with Crippen molar-refractivity contribution in [2.24, 2.45) is 5.92 Å². The van der Waals surface area contributed by atoms with Gasteiger partial charge in [0.25, 0.3) is 5.56 Å². The largest absolute Gasteiger partial charge is 0.312 e. The van der Waals surface area contributed by atoms with Gasteiger partial charge in [-0.15, -0.1) is 0 Å². The molecule has 2 aromatic heterocycles. The zero-order valence-electron chi connectivity index (χ0n) is 12.9. The molecule has 0 fully saturated rings. The number of benzene rings is 1. The van der Waals surface area contributed by atoms with E-state index in [0.29, 0.717) is 5.92 Å². The molecule has 3 heterocycles. The lowest BCUT2D eigenvalue weighted by Gasteiger charge is -2.06. The van der Waals surface area contributed by atoms with Gasteiger partial charge in [0, 0.05) is 29.4 Å². The Morgan fingerprint density at radius 3 is 2.91 bits per heavy atom. The first kappa shape index (κ1) is 13.8. The normalized spacial score (nSPS) is 16.0. The van der Waals surface area contributed by atoms with E-state index in [1.807, 2.05) is 41.0 Å². The Balaban J connectivity index is 1.79. The van der Waals surface area contributed by atoms with Crippen LogP contribution in [0, 0.1) is 17.8 Å². The van der Waals surface area contributed by atoms with Crippen LogP contribution in [0.3, 0.4) is 0 Å². The monoisotopic (exact) mass is 300 g/mol. The number of fused-ring (bicyclic) bond motifs is 2. The Kier molecular flexibility index (Phi) is 3.24. The summed E-state index contributed by atoms with van der Waals surface area (Å²) in [5, 5.41) is 1.74. The summed E-state index contributed by atoms with van der Waals surface area (Å²) in [4.78, 5) is 16.8.